The third-order valence-corrected chi connectivity index (χ3v) is 4.40. The lowest BCUT2D eigenvalue weighted by Crippen LogP contribution is -2.34. The van der Waals surface area contributed by atoms with E-state index in [2.05, 4.69) is 35.9 Å². The molecule has 21 heavy (non-hydrogen) atoms. The zero-order chi connectivity index (χ0) is 14.8. The Balaban J connectivity index is 1.72. The number of nitrogens with zero attached hydrogens (tertiary/aromatic N) is 2. The molecule has 0 spiro atoms. The van der Waals surface area contributed by atoms with Gasteiger partial charge in [0, 0.05) is 18.2 Å². The lowest BCUT2D eigenvalue weighted by atomic mass is 10.0. The van der Waals surface area contributed by atoms with Crippen LogP contribution in [0.2, 0.25) is 0 Å². The fraction of sp³-hybridized carbons (Fsp3) is 0.471. The van der Waals surface area contributed by atoms with Gasteiger partial charge < -0.3 is 9.52 Å². The van der Waals surface area contributed by atoms with Gasteiger partial charge in [-0.1, -0.05) is 24.6 Å². The normalized spacial score (nSPS) is 22.8. The van der Waals surface area contributed by atoms with E-state index in [-0.39, 0.29) is 12.6 Å². The van der Waals surface area contributed by atoms with Crippen LogP contribution in [0.1, 0.15) is 24.6 Å². The summed E-state index contributed by atoms with van der Waals surface area (Å²) in [5.41, 5.74) is 3.15. The molecule has 4 nitrogen and oxygen atoms in total. The molecular weight excluding hydrogens is 264 g/mol. The third kappa shape index (κ3) is 3.01. The molecule has 0 aliphatic carbocycles. The van der Waals surface area contributed by atoms with Crippen LogP contribution in [-0.2, 0) is 6.54 Å². The van der Waals surface area contributed by atoms with E-state index in [0.717, 1.165) is 30.8 Å². The maximum atomic E-state index is 9.51. The van der Waals surface area contributed by atoms with Crippen LogP contribution in [0.4, 0.5) is 0 Å². The van der Waals surface area contributed by atoms with Crippen molar-refractivity contribution in [3.05, 3.63) is 41.8 Å². The molecule has 3 rings (SSSR count). The Labute approximate surface area is 125 Å². The number of rotatable bonds is 4. The molecule has 1 N–H and O–H groups in total. The fourth-order valence-electron chi connectivity index (χ4n) is 3.00. The van der Waals surface area contributed by atoms with E-state index in [1.54, 1.807) is 6.26 Å². The van der Waals surface area contributed by atoms with Crippen molar-refractivity contribution < 1.29 is 9.52 Å². The van der Waals surface area contributed by atoms with E-state index in [1.807, 2.05) is 12.1 Å². The number of aliphatic hydroxyl groups excluding tert-OH is 1. The monoisotopic (exact) mass is 286 g/mol. The molecule has 2 aromatic rings. The van der Waals surface area contributed by atoms with Gasteiger partial charge in [0.05, 0.1) is 12.3 Å². The first-order valence-corrected chi connectivity index (χ1v) is 7.53. The Morgan fingerprint density at radius 3 is 2.81 bits per heavy atom. The Hall–Kier alpha value is -1.65. The summed E-state index contributed by atoms with van der Waals surface area (Å²) in [6, 6.07) is 8.41. The second-order valence-electron chi connectivity index (χ2n) is 6.00. The van der Waals surface area contributed by atoms with Crippen molar-refractivity contribution >= 4 is 0 Å². The van der Waals surface area contributed by atoms with Crippen molar-refractivity contribution in [2.45, 2.75) is 32.9 Å². The summed E-state index contributed by atoms with van der Waals surface area (Å²) in [6.07, 6.45) is 2.86. The van der Waals surface area contributed by atoms with Gasteiger partial charge in [0.15, 0.2) is 0 Å². The Morgan fingerprint density at radius 2 is 2.10 bits per heavy atom. The van der Waals surface area contributed by atoms with Gasteiger partial charge in [-0.05, 0) is 37.9 Å². The molecule has 112 valence electrons. The fourth-order valence-corrected chi connectivity index (χ4v) is 3.00. The van der Waals surface area contributed by atoms with Gasteiger partial charge in [-0.25, -0.2) is 4.98 Å². The number of aryl methyl sites for hydroxylation is 1. The Kier molecular flexibility index (Phi) is 4.08. The molecule has 1 aliphatic heterocycles. The highest BCUT2D eigenvalue weighted by atomic mass is 16.3. The summed E-state index contributed by atoms with van der Waals surface area (Å²) in [5, 5.41) is 9.51. The summed E-state index contributed by atoms with van der Waals surface area (Å²) < 4.78 is 5.60. The van der Waals surface area contributed by atoms with E-state index in [9.17, 15) is 5.11 Å². The van der Waals surface area contributed by atoms with Crippen LogP contribution >= 0.6 is 0 Å². The molecule has 1 aromatic heterocycles. The first kappa shape index (κ1) is 14.3. The van der Waals surface area contributed by atoms with Crippen LogP contribution in [0, 0.1) is 12.8 Å². The van der Waals surface area contributed by atoms with E-state index >= 15 is 0 Å². The molecular formula is C17H22N2O2. The maximum Gasteiger partial charge on any atom is 0.226 e. The van der Waals surface area contributed by atoms with Crippen LogP contribution in [0.3, 0.4) is 0 Å². The lowest BCUT2D eigenvalue weighted by Gasteiger charge is -2.23. The highest BCUT2D eigenvalue weighted by molar-refractivity contribution is 5.53. The summed E-state index contributed by atoms with van der Waals surface area (Å²) in [7, 11) is 0. The van der Waals surface area contributed by atoms with Crippen molar-refractivity contribution in [2.24, 2.45) is 5.92 Å². The zero-order valence-electron chi connectivity index (χ0n) is 12.6. The van der Waals surface area contributed by atoms with E-state index < -0.39 is 0 Å². The number of likely N-dealkylation sites (tertiary alicyclic amines) is 1. The quantitative estimate of drug-likeness (QED) is 0.939. The smallest absolute Gasteiger partial charge is 0.226 e. The van der Waals surface area contributed by atoms with Gasteiger partial charge >= 0.3 is 0 Å². The van der Waals surface area contributed by atoms with Crippen LogP contribution in [0.15, 0.2) is 34.9 Å². The van der Waals surface area contributed by atoms with Crippen LogP contribution < -0.4 is 0 Å². The van der Waals surface area contributed by atoms with Crippen molar-refractivity contribution in [2.75, 3.05) is 13.2 Å². The molecule has 1 saturated heterocycles. The van der Waals surface area contributed by atoms with Crippen molar-refractivity contribution in [1.82, 2.24) is 9.88 Å². The molecule has 2 atom stereocenters. The summed E-state index contributed by atoms with van der Waals surface area (Å²) >= 11 is 0. The molecule has 2 heterocycles. The van der Waals surface area contributed by atoms with Crippen molar-refractivity contribution in [3.63, 3.8) is 0 Å². The minimum absolute atomic E-state index is 0.212. The summed E-state index contributed by atoms with van der Waals surface area (Å²) in [4.78, 5) is 6.87. The number of hydrogen-bond donors (Lipinski definition) is 1. The van der Waals surface area contributed by atoms with E-state index in [4.69, 9.17) is 4.42 Å². The van der Waals surface area contributed by atoms with Gasteiger partial charge in [-0.2, -0.15) is 0 Å². The first-order chi connectivity index (χ1) is 10.2. The average molecular weight is 286 g/mol. The predicted molar refractivity (Wildman–Crippen MR) is 81.7 cm³/mol. The number of benzene rings is 1. The summed E-state index contributed by atoms with van der Waals surface area (Å²) in [6.45, 7) is 6.23. The van der Waals surface area contributed by atoms with Gasteiger partial charge in [0.2, 0.25) is 5.89 Å². The van der Waals surface area contributed by atoms with E-state index in [0.29, 0.717) is 11.8 Å². The molecule has 4 heteroatoms. The zero-order valence-corrected chi connectivity index (χ0v) is 12.6. The SMILES string of the molecule is Cc1ccc(-c2nc(CN3CCC(C)C3CO)co2)cc1. The molecule has 1 fully saturated rings. The topological polar surface area (TPSA) is 49.5 Å². The van der Waals surface area contributed by atoms with Crippen molar-refractivity contribution in [1.29, 1.82) is 0 Å². The predicted octanol–water partition coefficient (Wildman–Crippen LogP) is 2.85. The van der Waals surface area contributed by atoms with Gasteiger partial charge in [0.1, 0.15) is 6.26 Å². The van der Waals surface area contributed by atoms with E-state index in [1.165, 1.54) is 5.56 Å². The molecule has 1 aromatic carbocycles. The number of hydrogen-bond acceptors (Lipinski definition) is 4. The molecule has 0 amide bonds. The third-order valence-electron chi connectivity index (χ3n) is 4.40. The lowest BCUT2D eigenvalue weighted by molar-refractivity contribution is 0.133. The standard InChI is InChI=1S/C17H22N2O2/c1-12-3-5-14(6-4-12)17-18-15(11-21-17)9-19-8-7-13(2)16(19)10-20/h3-6,11,13,16,20H,7-10H2,1-2H3. The Bertz CT molecular complexity index is 591. The number of aliphatic hydroxyl groups is 1. The molecule has 0 bridgehead atoms. The van der Waals surface area contributed by atoms with Crippen LogP contribution in [-0.4, -0.2) is 34.2 Å². The van der Waals surface area contributed by atoms with Gasteiger partial charge in [-0.3, -0.25) is 4.90 Å². The molecule has 0 saturated carbocycles. The first-order valence-electron chi connectivity index (χ1n) is 7.53. The number of aromatic nitrogens is 1. The van der Waals surface area contributed by atoms with Gasteiger partial charge in [-0.15, -0.1) is 0 Å². The largest absolute Gasteiger partial charge is 0.444 e. The molecule has 1 aliphatic rings. The number of oxazole rings is 1. The summed E-state index contributed by atoms with van der Waals surface area (Å²) in [5.74, 6) is 1.20. The average Bonchev–Trinajstić information content (AvgIpc) is 3.07. The highest BCUT2D eigenvalue weighted by Crippen LogP contribution is 2.26. The maximum absolute atomic E-state index is 9.51. The van der Waals surface area contributed by atoms with Gasteiger partial charge in [0.25, 0.3) is 0 Å². The minimum Gasteiger partial charge on any atom is -0.444 e. The van der Waals surface area contributed by atoms with Crippen molar-refractivity contribution in [3.8, 4) is 11.5 Å². The second-order valence-corrected chi connectivity index (χ2v) is 6.00. The highest BCUT2D eigenvalue weighted by Gasteiger charge is 2.30. The minimum atomic E-state index is 0.212. The molecule has 2 unspecified atom stereocenters. The Morgan fingerprint density at radius 1 is 1.33 bits per heavy atom. The van der Waals surface area contributed by atoms with Crippen LogP contribution in [0.25, 0.3) is 11.5 Å². The molecule has 0 radical (unpaired) electrons. The van der Waals surface area contributed by atoms with Crippen LogP contribution in [0.5, 0.6) is 0 Å². The second kappa shape index (κ2) is 6.00.